The summed E-state index contributed by atoms with van der Waals surface area (Å²) in [7, 11) is 3.17. The molecule has 3 aromatic rings. The summed E-state index contributed by atoms with van der Waals surface area (Å²) in [5.74, 6) is 0.874. The molecule has 5 rings (SSSR count). The molecule has 2 heterocycles. The number of nitrogens with one attached hydrogen (secondary N) is 1. The average Bonchev–Trinajstić information content (AvgIpc) is 3.27. The standard InChI is InChI=1S/C32H35ClN4O5/c1-41-27-12-11-23(19-28(27)42-2)13-16-34-29(38)21-36-22-37(26-9-4-3-5-10-26)32(31(36)40)14-17-35(18-15-32)30(39)24-7-6-8-25(33)20-24/h3-12,19-20H,13-18,21-22H2,1-2H3,(H,34,38). The molecule has 0 aliphatic carbocycles. The Morgan fingerprint density at radius 3 is 2.36 bits per heavy atom. The second-order valence-electron chi connectivity index (χ2n) is 10.5. The Balaban J connectivity index is 1.24. The third kappa shape index (κ3) is 6.01. The van der Waals surface area contributed by atoms with Gasteiger partial charge in [-0.2, -0.15) is 0 Å². The van der Waals surface area contributed by atoms with E-state index in [0.717, 1.165) is 11.3 Å². The third-order valence-corrected chi connectivity index (χ3v) is 8.28. The molecule has 3 aromatic carbocycles. The van der Waals surface area contributed by atoms with E-state index in [4.69, 9.17) is 21.1 Å². The van der Waals surface area contributed by atoms with Crippen molar-refractivity contribution in [3.05, 3.63) is 88.9 Å². The number of carbonyl (C=O) groups is 3. The van der Waals surface area contributed by atoms with Gasteiger partial charge < -0.3 is 29.5 Å². The molecule has 0 radical (unpaired) electrons. The van der Waals surface area contributed by atoms with Crippen LogP contribution in [-0.2, 0) is 16.0 Å². The number of piperidine rings is 1. The minimum Gasteiger partial charge on any atom is -0.493 e. The third-order valence-electron chi connectivity index (χ3n) is 8.05. The number of rotatable bonds is 9. The van der Waals surface area contributed by atoms with Crippen molar-refractivity contribution in [1.82, 2.24) is 15.1 Å². The first-order chi connectivity index (χ1) is 20.3. The Morgan fingerprint density at radius 1 is 0.929 bits per heavy atom. The maximum atomic E-state index is 14.0. The molecule has 1 spiro atoms. The summed E-state index contributed by atoms with van der Waals surface area (Å²) in [5.41, 5.74) is 1.62. The number of anilines is 1. The van der Waals surface area contributed by atoms with Gasteiger partial charge in [-0.1, -0.05) is 41.9 Å². The van der Waals surface area contributed by atoms with Crippen LogP contribution < -0.4 is 19.7 Å². The van der Waals surface area contributed by atoms with E-state index in [0.29, 0.717) is 67.7 Å². The summed E-state index contributed by atoms with van der Waals surface area (Å²) in [6, 6.07) is 22.3. The number of amides is 3. The first-order valence-electron chi connectivity index (χ1n) is 14.0. The summed E-state index contributed by atoms with van der Waals surface area (Å²) < 4.78 is 10.7. The van der Waals surface area contributed by atoms with E-state index in [1.165, 1.54) is 0 Å². The van der Waals surface area contributed by atoms with Gasteiger partial charge in [-0.3, -0.25) is 14.4 Å². The van der Waals surface area contributed by atoms with Gasteiger partial charge in [0.25, 0.3) is 11.8 Å². The van der Waals surface area contributed by atoms with Crippen LogP contribution >= 0.6 is 11.6 Å². The lowest BCUT2D eigenvalue weighted by molar-refractivity contribution is -0.137. The fraction of sp³-hybridized carbons (Fsp3) is 0.344. The fourth-order valence-electron chi connectivity index (χ4n) is 5.82. The average molecular weight is 591 g/mol. The number of nitrogens with zero attached hydrogens (tertiary/aromatic N) is 3. The molecule has 2 fully saturated rings. The molecule has 0 saturated carbocycles. The zero-order valence-corrected chi connectivity index (χ0v) is 24.6. The second kappa shape index (κ2) is 12.7. The molecule has 0 aromatic heterocycles. The molecule has 3 amide bonds. The van der Waals surface area contributed by atoms with Gasteiger partial charge in [0, 0.05) is 35.9 Å². The predicted octanol–water partition coefficient (Wildman–Crippen LogP) is 4.00. The van der Waals surface area contributed by atoms with Crippen molar-refractivity contribution in [3.8, 4) is 11.5 Å². The lowest BCUT2D eigenvalue weighted by atomic mass is 9.85. The first-order valence-corrected chi connectivity index (χ1v) is 14.4. The Kier molecular flexibility index (Phi) is 8.87. The highest BCUT2D eigenvalue weighted by Crippen LogP contribution is 2.39. The molecule has 2 saturated heterocycles. The van der Waals surface area contributed by atoms with Crippen LogP contribution in [0.2, 0.25) is 5.02 Å². The van der Waals surface area contributed by atoms with E-state index in [9.17, 15) is 14.4 Å². The lowest BCUT2D eigenvalue weighted by Crippen LogP contribution is -2.57. The van der Waals surface area contributed by atoms with E-state index in [1.807, 2.05) is 48.5 Å². The fourth-order valence-corrected chi connectivity index (χ4v) is 6.01. The van der Waals surface area contributed by atoms with Crippen molar-refractivity contribution in [2.45, 2.75) is 24.8 Å². The van der Waals surface area contributed by atoms with Crippen molar-refractivity contribution >= 4 is 35.0 Å². The number of para-hydroxylation sites is 1. The van der Waals surface area contributed by atoms with Crippen molar-refractivity contribution in [3.63, 3.8) is 0 Å². The summed E-state index contributed by atoms with van der Waals surface area (Å²) in [6.07, 6.45) is 1.53. The number of benzene rings is 3. The largest absolute Gasteiger partial charge is 0.493 e. The number of carbonyl (C=O) groups excluding carboxylic acids is 3. The summed E-state index contributed by atoms with van der Waals surface area (Å²) in [6.45, 7) is 1.53. The van der Waals surface area contributed by atoms with E-state index in [2.05, 4.69) is 10.2 Å². The van der Waals surface area contributed by atoms with E-state index in [-0.39, 0.29) is 24.3 Å². The van der Waals surface area contributed by atoms with Gasteiger partial charge in [0.15, 0.2) is 11.5 Å². The summed E-state index contributed by atoms with van der Waals surface area (Å²) in [4.78, 5) is 45.6. The quantitative estimate of drug-likeness (QED) is 0.405. The Labute approximate surface area is 250 Å². The van der Waals surface area contributed by atoms with Crippen LogP contribution in [0.5, 0.6) is 11.5 Å². The van der Waals surface area contributed by atoms with Crippen molar-refractivity contribution < 1.29 is 23.9 Å². The van der Waals surface area contributed by atoms with Gasteiger partial charge in [-0.15, -0.1) is 0 Å². The molecule has 1 N–H and O–H groups in total. The molecule has 0 atom stereocenters. The number of halogens is 1. The van der Waals surface area contributed by atoms with Crippen molar-refractivity contribution in [1.29, 1.82) is 0 Å². The molecule has 9 nitrogen and oxygen atoms in total. The van der Waals surface area contributed by atoms with Crippen LogP contribution in [0.4, 0.5) is 5.69 Å². The monoisotopic (exact) mass is 590 g/mol. The number of methoxy groups -OCH3 is 2. The number of likely N-dealkylation sites (tertiary alicyclic amines) is 1. The van der Waals surface area contributed by atoms with Crippen LogP contribution in [-0.4, -0.2) is 80.1 Å². The topological polar surface area (TPSA) is 91.4 Å². The number of ether oxygens (including phenoxy) is 2. The molecule has 2 aliphatic rings. The van der Waals surface area contributed by atoms with E-state index in [1.54, 1.807) is 48.3 Å². The van der Waals surface area contributed by atoms with Gasteiger partial charge in [-0.05, 0) is 67.3 Å². The molecule has 42 heavy (non-hydrogen) atoms. The molecule has 220 valence electrons. The minimum absolute atomic E-state index is 0.0407. The van der Waals surface area contributed by atoms with Crippen molar-refractivity contribution in [2.75, 3.05) is 52.0 Å². The van der Waals surface area contributed by atoms with E-state index >= 15 is 0 Å². The molecular formula is C32H35ClN4O5. The Bertz CT molecular complexity index is 1440. The highest BCUT2D eigenvalue weighted by atomic mass is 35.5. The molecule has 0 unspecified atom stereocenters. The Hall–Kier alpha value is -4.24. The van der Waals surface area contributed by atoms with Gasteiger partial charge >= 0.3 is 0 Å². The van der Waals surface area contributed by atoms with Crippen LogP contribution in [0.25, 0.3) is 0 Å². The zero-order chi connectivity index (χ0) is 29.7. The lowest BCUT2D eigenvalue weighted by Gasteiger charge is -2.43. The van der Waals surface area contributed by atoms with Crippen LogP contribution in [0, 0.1) is 0 Å². The zero-order valence-electron chi connectivity index (χ0n) is 23.8. The van der Waals surface area contributed by atoms with Gasteiger partial charge in [0.2, 0.25) is 5.91 Å². The van der Waals surface area contributed by atoms with Gasteiger partial charge in [0.05, 0.1) is 20.9 Å². The highest BCUT2D eigenvalue weighted by Gasteiger charge is 2.54. The van der Waals surface area contributed by atoms with Crippen molar-refractivity contribution in [2.24, 2.45) is 0 Å². The Morgan fingerprint density at radius 2 is 1.67 bits per heavy atom. The molecular weight excluding hydrogens is 556 g/mol. The number of hydrogen-bond acceptors (Lipinski definition) is 6. The second-order valence-corrected chi connectivity index (χ2v) is 11.0. The number of hydrogen-bond donors (Lipinski definition) is 1. The normalized spacial score (nSPS) is 16.1. The summed E-state index contributed by atoms with van der Waals surface area (Å²) >= 11 is 6.11. The highest BCUT2D eigenvalue weighted by molar-refractivity contribution is 6.31. The van der Waals surface area contributed by atoms with Crippen LogP contribution in [0.15, 0.2) is 72.8 Å². The molecule has 0 bridgehead atoms. The minimum atomic E-state index is -0.827. The summed E-state index contributed by atoms with van der Waals surface area (Å²) in [5, 5.41) is 3.46. The van der Waals surface area contributed by atoms with Crippen LogP contribution in [0.3, 0.4) is 0 Å². The first kappa shape index (κ1) is 29.3. The van der Waals surface area contributed by atoms with E-state index < -0.39 is 5.54 Å². The SMILES string of the molecule is COc1ccc(CCNC(=O)CN2CN(c3ccccc3)C3(CCN(C(=O)c4cccc(Cl)c4)CC3)C2=O)cc1OC. The van der Waals surface area contributed by atoms with Gasteiger partial charge in [0.1, 0.15) is 12.1 Å². The smallest absolute Gasteiger partial charge is 0.253 e. The van der Waals surface area contributed by atoms with Gasteiger partial charge in [-0.25, -0.2) is 0 Å². The molecule has 10 heteroatoms. The predicted molar refractivity (Wildman–Crippen MR) is 161 cm³/mol. The van der Waals surface area contributed by atoms with Crippen LogP contribution in [0.1, 0.15) is 28.8 Å². The maximum Gasteiger partial charge on any atom is 0.253 e. The maximum absolute atomic E-state index is 14.0. The molecule has 2 aliphatic heterocycles.